The molecule has 0 spiro atoms. The predicted octanol–water partition coefficient (Wildman–Crippen LogP) is 2.91. The predicted molar refractivity (Wildman–Crippen MR) is 81.9 cm³/mol. The number of hydrogen-bond acceptors (Lipinski definition) is 3. The van der Waals surface area contributed by atoms with E-state index in [1.807, 2.05) is 0 Å². The van der Waals surface area contributed by atoms with Crippen molar-refractivity contribution in [1.29, 1.82) is 0 Å². The summed E-state index contributed by atoms with van der Waals surface area (Å²) >= 11 is 0. The number of rotatable bonds is 4. The van der Waals surface area contributed by atoms with Crippen LogP contribution in [0.3, 0.4) is 0 Å². The molecule has 5 heteroatoms. The zero-order valence-electron chi connectivity index (χ0n) is 11.9. The van der Waals surface area contributed by atoms with E-state index in [0.29, 0.717) is 11.4 Å². The van der Waals surface area contributed by atoms with Crippen molar-refractivity contribution in [2.24, 2.45) is 0 Å². The highest BCUT2D eigenvalue weighted by Gasteiger charge is 2.05. The molecule has 0 radical (unpaired) electrons. The third-order valence-corrected chi connectivity index (χ3v) is 2.94. The van der Waals surface area contributed by atoms with E-state index in [4.69, 9.17) is 4.42 Å². The van der Waals surface area contributed by atoms with Crippen LogP contribution >= 0.6 is 0 Å². The molecule has 0 aliphatic heterocycles. The van der Waals surface area contributed by atoms with E-state index in [0.717, 1.165) is 5.69 Å². The summed E-state index contributed by atoms with van der Waals surface area (Å²) in [5.41, 5.74) is 1.43. The van der Waals surface area contributed by atoms with E-state index in [-0.39, 0.29) is 11.8 Å². The molecule has 1 aromatic carbocycles. The molecule has 0 bridgehead atoms. The average Bonchev–Trinajstić information content (AvgIpc) is 2.98. The monoisotopic (exact) mass is 284 g/mol. The van der Waals surface area contributed by atoms with Crippen molar-refractivity contribution in [2.45, 2.75) is 6.92 Å². The quantitative estimate of drug-likeness (QED) is 0.878. The Labute approximate surface area is 122 Å². The van der Waals surface area contributed by atoms with Crippen molar-refractivity contribution >= 4 is 29.3 Å². The smallest absolute Gasteiger partial charge is 0.248 e. The number of carbonyl (C=O) groups excluding carboxylic acids is 2. The Balaban J connectivity index is 1.97. The maximum atomic E-state index is 11.7. The first-order valence-electron chi connectivity index (χ1n) is 6.43. The number of nitrogens with zero attached hydrogens (tertiary/aromatic N) is 1. The second kappa shape index (κ2) is 6.56. The van der Waals surface area contributed by atoms with Crippen LogP contribution in [0.25, 0.3) is 6.08 Å². The van der Waals surface area contributed by atoms with Gasteiger partial charge in [0.05, 0.1) is 6.26 Å². The first kappa shape index (κ1) is 14.6. The Morgan fingerprint density at radius 1 is 1.19 bits per heavy atom. The Kier molecular flexibility index (Phi) is 4.56. The summed E-state index contributed by atoms with van der Waals surface area (Å²) in [7, 11) is 1.70. The third-order valence-electron chi connectivity index (χ3n) is 2.94. The highest BCUT2D eigenvalue weighted by atomic mass is 16.3. The summed E-state index contributed by atoms with van der Waals surface area (Å²) in [6.45, 7) is 1.50. The molecule has 0 aliphatic rings. The molecule has 108 valence electrons. The highest BCUT2D eigenvalue weighted by Crippen LogP contribution is 2.17. The lowest BCUT2D eigenvalue weighted by Gasteiger charge is -2.15. The van der Waals surface area contributed by atoms with E-state index in [1.165, 1.54) is 17.9 Å². The normalized spacial score (nSPS) is 10.6. The minimum atomic E-state index is -0.251. The van der Waals surface area contributed by atoms with Gasteiger partial charge in [-0.05, 0) is 42.5 Å². The number of carbonyl (C=O) groups is 2. The van der Waals surface area contributed by atoms with Gasteiger partial charge in [0.2, 0.25) is 11.8 Å². The molecule has 2 aromatic rings. The minimum Gasteiger partial charge on any atom is -0.465 e. The molecule has 5 nitrogen and oxygen atoms in total. The maximum Gasteiger partial charge on any atom is 0.248 e. The third kappa shape index (κ3) is 4.07. The summed E-state index contributed by atoms with van der Waals surface area (Å²) in [5, 5.41) is 2.73. The lowest BCUT2D eigenvalue weighted by Crippen LogP contribution is -2.22. The SMILES string of the molecule is CC(=O)N(C)c1ccc(NC(=O)/C=C/c2ccco2)cc1. The molecule has 0 fully saturated rings. The van der Waals surface area contributed by atoms with Gasteiger partial charge in [-0.15, -0.1) is 0 Å². The topological polar surface area (TPSA) is 62.6 Å². The van der Waals surface area contributed by atoms with Gasteiger partial charge in [-0.3, -0.25) is 9.59 Å². The number of hydrogen-bond donors (Lipinski definition) is 1. The van der Waals surface area contributed by atoms with Crippen LogP contribution in [0.5, 0.6) is 0 Å². The standard InChI is InChI=1S/C16H16N2O3/c1-12(19)18(2)14-7-5-13(6-8-14)17-16(20)10-9-15-4-3-11-21-15/h3-11H,1-2H3,(H,17,20)/b10-9+. The number of anilines is 2. The molecule has 2 amide bonds. The lowest BCUT2D eigenvalue weighted by atomic mass is 10.2. The molecule has 1 heterocycles. The molecule has 0 unspecified atom stereocenters. The number of amides is 2. The highest BCUT2D eigenvalue weighted by molar-refractivity contribution is 6.02. The van der Waals surface area contributed by atoms with Crippen LogP contribution < -0.4 is 10.2 Å². The van der Waals surface area contributed by atoms with Crippen molar-refractivity contribution in [3.63, 3.8) is 0 Å². The van der Waals surface area contributed by atoms with Crippen molar-refractivity contribution in [3.8, 4) is 0 Å². The van der Waals surface area contributed by atoms with Gasteiger partial charge in [0.15, 0.2) is 0 Å². The Bertz CT molecular complexity index is 643. The van der Waals surface area contributed by atoms with Crippen LogP contribution in [0.2, 0.25) is 0 Å². The molecule has 21 heavy (non-hydrogen) atoms. The van der Waals surface area contributed by atoms with Gasteiger partial charge in [0, 0.05) is 31.4 Å². The van der Waals surface area contributed by atoms with E-state index >= 15 is 0 Å². The number of furan rings is 1. The summed E-state index contributed by atoms with van der Waals surface area (Å²) in [6.07, 6.45) is 4.53. The van der Waals surface area contributed by atoms with Gasteiger partial charge in [-0.1, -0.05) is 0 Å². The molecule has 1 N–H and O–H groups in total. The molecule has 0 aliphatic carbocycles. The van der Waals surface area contributed by atoms with Crippen molar-refractivity contribution < 1.29 is 14.0 Å². The molecule has 2 rings (SSSR count). The average molecular weight is 284 g/mol. The van der Waals surface area contributed by atoms with Gasteiger partial charge in [0.25, 0.3) is 0 Å². The lowest BCUT2D eigenvalue weighted by molar-refractivity contribution is -0.116. The van der Waals surface area contributed by atoms with Gasteiger partial charge >= 0.3 is 0 Å². The van der Waals surface area contributed by atoms with Gasteiger partial charge in [-0.2, -0.15) is 0 Å². The molecule has 0 saturated heterocycles. The van der Waals surface area contributed by atoms with Gasteiger partial charge < -0.3 is 14.6 Å². The fraction of sp³-hybridized carbons (Fsp3) is 0.125. The first-order valence-corrected chi connectivity index (χ1v) is 6.43. The molecule has 0 atom stereocenters. The second-order valence-corrected chi connectivity index (χ2v) is 4.46. The number of benzene rings is 1. The maximum absolute atomic E-state index is 11.7. The van der Waals surface area contributed by atoms with Crippen LogP contribution in [0.1, 0.15) is 12.7 Å². The minimum absolute atomic E-state index is 0.0480. The zero-order chi connectivity index (χ0) is 15.2. The van der Waals surface area contributed by atoms with Gasteiger partial charge in [-0.25, -0.2) is 0 Å². The van der Waals surface area contributed by atoms with Crippen molar-refractivity contribution in [1.82, 2.24) is 0 Å². The fourth-order valence-corrected chi connectivity index (χ4v) is 1.68. The van der Waals surface area contributed by atoms with Crippen molar-refractivity contribution in [3.05, 3.63) is 54.5 Å². The van der Waals surface area contributed by atoms with E-state index < -0.39 is 0 Å². The van der Waals surface area contributed by atoms with Crippen LogP contribution in [-0.2, 0) is 9.59 Å². The molecular formula is C16H16N2O3. The van der Waals surface area contributed by atoms with Crippen molar-refractivity contribution in [2.75, 3.05) is 17.3 Å². The molecular weight excluding hydrogens is 268 g/mol. The fourth-order valence-electron chi connectivity index (χ4n) is 1.68. The van der Waals surface area contributed by atoms with E-state index in [2.05, 4.69) is 5.32 Å². The summed E-state index contributed by atoms with van der Waals surface area (Å²) in [4.78, 5) is 24.5. The Morgan fingerprint density at radius 3 is 2.48 bits per heavy atom. The Morgan fingerprint density at radius 2 is 1.90 bits per heavy atom. The summed E-state index contributed by atoms with van der Waals surface area (Å²) in [5.74, 6) is 0.316. The van der Waals surface area contributed by atoms with Crippen LogP contribution in [0.15, 0.2) is 53.2 Å². The van der Waals surface area contributed by atoms with Crippen LogP contribution in [-0.4, -0.2) is 18.9 Å². The molecule has 1 aromatic heterocycles. The largest absolute Gasteiger partial charge is 0.465 e. The summed E-state index contributed by atoms with van der Waals surface area (Å²) < 4.78 is 5.09. The Hall–Kier alpha value is -2.82. The summed E-state index contributed by atoms with van der Waals surface area (Å²) in [6, 6.07) is 10.5. The van der Waals surface area contributed by atoms with E-state index in [9.17, 15) is 9.59 Å². The van der Waals surface area contributed by atoms with E-state index in [1.54, 1.807) is 55.8 Å². The second-order valence-electron chi connectivity index (χ2n) is 4.46. The van der Waals surface area contributed by atoms with Gasteiger partial charge in [0.1, 0.15) is 5.76 Å². The first-order chi connectivity index (χ1) is 10.1. The van der Waals surface area contributed by atoms with Crippen LogP contribution in [0.4, 0.5) is 11.4 Å². The zero-order valence-corrected chi connectivity index (χ0v) is 11.9. The molecule has 0 saturated carbocycles. The van der Waals surface area contributed by atoms with Crippen LogP contribution in [0, 0.1) is 0 Å². The number of nitrogens with one attached hydrogen (secondary N) is 1.